The van der Waals surface area contributed by atoms with Crippen LogP contribution in [-0.2, 0) is 0 Å². The number of aromatic amines is 1. The summed E-state index contributed by atoms with van der Waals surface area (Å²) in [5, 5.41) is 6.82. The lowest BCUT2D eigenvalue weighted by Crippen LogP contribution is -2.38. The van der Waals surface area contributed by atoms with Gasteiger partial charge in [0.25, 0.3) is 5.91 Å². The van der Waals surface area contributed by atoms with Crippen LogP contribution in [-0.4, -0.2) is 52.3 Å². The molecule has 23 heavy (non-hydrogen) atoms. The first-order chi connectivity index (χ1) is 11.3. The van der Waals surface area contributed by atoms with Gasteiger partial charge in [0.15, 0.2) is 11.5 Å². The SMILES string of the molecule is O=C(c1ccc2c(c1)OCCO2)N1CCC(c2ncn[nH]2)CC1. The molecule has 0 atom stereocenters. The Morgan fingerprint density at radius 2 is 1.96 bits per heavy atom. The van der Waals surface area contributed by atoms with Gasteiger partial charge in [-0.05, 0) is 31.0 Å². The molecule has 1 fully saturated rings. The van der Waals surface area contributed by atoms with E-state index in [4.69, 9.17) is 9.47 Å². The molecule has 1 aromatic heterocycles. The van der Waals surface area contributed by atoms with Crippen LogP contribution < -0.4 is 9.47 Å². The first-order valence-corrected chi connectivity index (χ1v) is 7.85. The normalized spacial score (nSPS) is 18.0. The molecule has 2 aromatic rings. The summed E-state index contributed by atoms with van der Waals surface area (Å²) in [6.07, 6.45) is 3.32. The molecule has 0 aliphatic carbocycles. The molecule has 0 saturated carbocycles. The summed E-state index contributed by atoms with van der Waals surface area (Å²) < 4.78 is 11.0. The first kappa shape index (κ1) is 14.0. The summed E-state index contributed by atoms with van der Waals surface area (Å²) >= 11 is 0. The van der Waals surface area contributed by atoms with Crippen molar-refractivity contribution in [2.24, 2.45) is 0 Å². The first-order valence-electron chi connectivity index (χ1n) is 7.85. The molecular formula is C16H18N4O3. The van der Waals surface area contributed by atoms with Gasteiger partial charge in [-0.1, -0.05) is 0 Å². The Balaban J connectivity index is 1.44. The summed E-state index contributed by atoms with van der Waals surface area (Å²) in [4.78, 5) is 18.8. The number of amides is 1. The monoisotopic (exact) mass is 314 g/mol. The molecule has 1 amide bonds. The van der Waals surface area contributed by atoms with Crippen molar-refractivity contribution in [3.63, 3.8) is 0 Å². The van der Waals surface area contributed by atoms with Crippen molar-refractivity contribution >= 4 is 5.91 Å². The van der Waals surface area contributed by atoms with E-state index in [9.17, 15) is 4.79 Å². The van der Waals surface area contributed by atoms with E-state index in [2.05, 4.69) is 15.2 Å². The largest absolute Gasteiger partial charge is 0.486 e. The second kappa shape index (κ2) is 5.91. The third kappa shape index (κ3) is 2.74. The lowest BCUT2D eigenvalue weighted by Gasteiger charge is -2.31. The number of hydrogen-bond acceptors (Lipinski definition) is 5. The molecule has 0 spiro atoms. The van der Waals surface area contributed by atoms with Gasteiger partial charge in [0.05, 0.1) is 0 Å². The number of carbonyl (C=O) groups excluding carboxylic acids is 1. The molecule has 4 rings (SSSR count). The second-order valence-corrected chi connectivity index (χ2v) is 5.80. The van der Waals surface area contributed by atoms with Crippen LogP contribution in [0.2, 0.25) is 0 Å². The number of H-pyrrole nitrogens is 1. The number of likely N-dealkylation sites (tertiary alicyclic amines) is 1. The molecule has 120 valence electrons. The summed E-state index contributed by atoms with van der Waals surface area (Å²) in [5.41, 5.74) is 0.646. The van der Waals surface area contributed by atoms with Crippen molar-refractivity contribution < 1.29 is 14.3 Å². The quantitative estimate of drug-likeness (QED) is 0.910. The molecule has 1 saturated heterocycles. The Kier molecular flexibility index (Phi) is 3.61. The van der Waals surface area contributed by atoms with E-state index in [-0.39, 0.29) is 5.91 Å². The number of carbonyl (C=O) groups is 1. The van der Waals surface area contributed by atoms with Crippen LogP contribution in [0.1, 0.15) is 34.9 Å². The molecule has 7 heteroatoms. The van der Waals surface area contributed by atoms with E-state index in [0.717, 1.165) is 31.8 Å². The molecule has 1 aromatic carbocycles. The van der Waals surface area contributed by atoms with Crippen molar-refractivity contribution in [3.8, 4) is 11.5 Å². The Morgan fingerprint density at radius 1 is 1.17 bits per heavy atom. The maximum Gasteiger partial charge on any atom is 0.253 e. The topological polar surface area (TPSA) is 80.3 Å². The van der Waals surface area contributed by atoms with Crippen LogP contribution in [0, 0.1) is 0 Å². The van der Waals surface area contributed by atoms with Crippen LogP contribution >= 0.6 is 0 Å². The molecule has 7 nitrogen and oxygen atoms in total. The highest BCUT2D eigenvalue weighted by molar-refractivity contribution is 5.95. The third-order valence-corrected chi connectivity index (χ3v) is 4.39. The lowest BCUT2D eigenvalue weighted by atomic mass is 9.95. The lowest BCUT2D eigenvalue weighted by molar-refractivity contribution is 0.0710. The fourth-order valence-electron chi connectivity index (χ4n) is 3.13. The van der Waals surface area contributed by atoms with Crippen LogP contribution in [0.15, 0.2) is 24.5 Å². The molecule has 0 bridgehead atoms. The average Bonchev–Trinajstić information content (AvgIpc) is 3.15. The minimum absolute atomic E-state index is 0.0398. The summed E-state index contributed by atoms with van der Waals surface area (Å²) in [6.45, 7) is 2.51. The minimum atomic E-state index is 0.0398. The highest BCUT2D eigenvalue weighted by Gasteiger charge is 2.26. The number of nitrogens with one attached hydrogen (secondary N) is 1. The fraction of sp³-hybridized carbons (Fsp3) is 0.438. The number of benzene rings is 1. The number of nitrogens with zero attached hydrogens (tertiary/aromatic N) is 3. The number of fused-ring (bicyclic) bond motifs is 1. The van der Waals surface area contributed by atoms with E-state index in [1.54, 1.807) is 12.1 Å². The summed E-state index contributed by atoms with van der Waals surface area (Å²) in [7, 11) is 0. The van der Waals surface area contributed by atoms with Crippen molar-refractivity contribution in [3.05, 3.63) is 35.9 Å². The van der Waals surface area contributed by atoms with Gasteiger partial charge in [0, 0.05) is 24.6 Å². The van der Waals surface area contributed by atoms with E-state index < -0.39 is 0 Å². The maximum atomic E-state index is 12.7. The molecule has 3 heterocycles. The zero-order chi connectivity index (χ0) is 15.6. The average molecular weight is 314 g/mol. The van der Waals surface area contributed by atoms with Gasteiger partial charge >= 0.3 is 0 Å². The zero-order valence-electron chi connectivity index (χ0n) is 12.7. The predicted molar refractivity (Wildman–Crippen MR) is 81.7 cm³/mol. The summed E-state index contributed by atoms with van der Waals surface area (Å²) in [6, 6.07) is 5.39. The van der Waals surface area contributed by atoms with Gasteiger partial charge < -0.3 is 14.4 Å². The Labute approximate surface area is 133 Å². The fourth-order valence-corrected chi connectivity index (χ4v) is 3.13. The predicted octanol–water partition coefficient (Wildman–Crippen LogP) is 1.60. The molecular weight excluding hydrogens is 296 g/mol. The highest BCUT2D eigenvalue weighted by atomic mass is 16.6. The van der Waals surface area contributed by atoms with Crippen LogP contribution in [0.5, 0.6) is 11.5 Å². The van der Waals surface area contributed by atoms with E-state index >= 15 is 0 Å². The van der Waals surface area contributed by atoms with Gasteiger partial charge in [0.2, 0.25) is 0 Å². The van der Waals surface area contributed by atoms with Crippen molar-refractivity contribution in [1.29, 1.82) is 0 Å². The Bertz CT molecular complexity index is 693. The van der Waals surface area contributed by atoms with Crippen LogP contribution in [0.4, 0.5) is 0 Å². The second-order valence-electron chi connectivity index (χ2n) is 5.80. The zero-order valence-corrected chi connectivity index (χ0v) is 12.7. The molecule has 0 unspecified atom stereocenters. The summed E-state index contributed by atoms with van der Waals surface area (Å²) in [5.74, 6) is 2.66. The molecule has 2 aliphatic heterocycles. The standard InChI is InChI=1S/C16H18N4O3/c21-16(12-1-2-13-14(9-12)23-8-7-22-13)20-5-3-11(4-6-20)15-17-10-18-19-15/h1-2,9-11H,3-8H2,(H,17,18,19). The van der Waals surface area contributed by atoms with Gasteiger partial charge in [0.1, 0.15) is 25.4 Å². The van der Waals surface area contributed by atoms with E-state index in [1.807, 2.05) is 11.0 Å². The smallest absolute Gasteiger partial charge is 0.253 e. The van der Waals surface area contributed by atoms with E-state index in [0.29, 0.717) is 36.2 Å². The molecule has 0 radical (unpaired) electrons. The number of piperidine rings is 1. The van der Waals surface area contributed by atoms with Crippen LogP contribution in [0.25, 0.3) is 0 Å². The van der Waals surface area contributed by atoms with Gasteiger partial charge in [-0.15, -0.1) is 0 Å². The van der Waals surface area contributed by atoms with Crippen molar-refractivity contribution in [2.75, 3.05) is 26.3 Å². The number of ether oxygens (including phenoxy) is 2. The van der Waals surface area contributed by atoms with Gasteiger partial charge in [-0.2, -0.15) is 5.10 Å². The number of rotatable bonds is 2. The Morgan fingerprint density at radius 3 is 2.70 bits per heavy atom. The highest BCUT2D eigenvalue weighted by Crippen LogP contribution is 2.32. The molecule has 2 aliphatic rings. The third-order valence-electron chi connectivity index (χ3n) is 4.39. The number of hydrogen-bond donors (Lipinski definition) is 1. The maximum absolute atomic E-state index is 12.7. The van der Waals surface area contributed by atoms with E-state index in [1.165, 1.54) is 6.33 Å². The van der Waals surface area contributed by atoms with Gasteiger partial charge in [-0.3, -0.25) is 9.89 Å². The van der Waals surface area contributed by atoms with Crippen LogP contribution in [0.3, 0.4) is 0 Å². The number of aromatic nitrogens is 3. The van der Waals surface area contributed by atoms with Crippen molar-refractivity contribution in [1.82, 2.24) is 20.1 Å². The van der Waals surface area contributed by atoms with Gasteiger partial charge in [-0.25, -0.2) is 4.98 Å². The minimum Gasteiger partial charge on any atom is -0.486 e. The van der Waals surface area contributed by atoms with Crippen molar-refractivity contribution in [2.45, 2.75) is 18.8 Å². The molecule has 1 N–H and O–H groups in total. The Hall–Kier alpha value is -2.57.